The van der Waals surface area contributed by atoms with E-state index in [0.29, 0.717) is 43.7 Å². The second kappa shape index (κ2) is 9.67. The number of halogens is 2. The number of nitrogens with zero attached hydrogens (tertiary/aromatic N) is 4. The van der Waals surface area contributed by atoms with Crippen LogP contribution in [0.15, 0.2) is 36.7 Å². The molecule has 2 aromatic carbocycles. The zero-order valence-electron chi connectivity index (χ0n) is 18.6. The first-order chi connectivity index (χ1) is 16.9. The number of benzene rings is 2. The molecule has 1 saturated heterocycles. The summed E-state index contributed by atoms with van der Waals surface area (Å²) in [7, 11) is 0. The lowest BCUT2D eigenvalue weighted by Crippen LogP contribution is -2.27. The fourth-order valence-corrected chi connectivity index (χ4v) is 4.74. The van der Waals surface area contributed by atoms with Crippen LogP contribution in [0.25, 0.3) is 21.9 Å². The maximum Gasteiger partial charge on any atom is 0.303 e. The van der Waals surface area contributed by atoms with E-state index in [1.54, 1.807) is 35.2 Å². The van der Waals surface area contributed by atoms with E-state index >= 15 is 0 Å². The standard InChI is InChI=1S/C24H22Cl2N6O3/c25-13-3-4-17-20(9-13)31-23(29-17)18(5-6-21(33)34)30-22-15-10-16(26)14(11-19(15)27-12-28-22)24(35)32-7-1-2-8-32/h3-4,9-12,18H,1-2,5-8H2,(H,29,31)(H,33,34)(H,27,28,30)/t18-/m0/s1. The van der Waals surface area contributed by atoms with Crippen molar-refractivity contribution in [1.29, 1.82) is 0 Å². The Morgan fingerprint density at radius 3 is 2.69 bits per heavy atom. The average Bonchev–Trinajstić information content (AvgIpc) is 3.51. The van der Waals surface area contributed by atoms with Crippen LogP contribution in [0.1, 0.15) is 47.9 Å². The number of amides is 1. The topological polar surface area (TPSA) is 124 Å². The molecule has 35 heavy (non-hydrogen) atoms. The van der Waals surface area contributed by atoms with Gasteiger partial charge in [-0.05, 0) is 49.6 Å². The van der Waals surface area contributed by atoms with Gasteiger partial charge in [0.2, 0.25) is 0 Å². The van der Waals surface area contributed by atoms with E-state index in [-0.39, 0.29) is 18.7 Å². The quantitative estimate of drug-likeness (QED) is 0.315. The van der Waals surface area contributed by atoms with Gasteiger partial charge in [0.15, 0.2) is 0 Å². The van der Waals surface area contributed by atoms with Gasteiger partial charge in [0.25, 0.3) is 5.91 Å². The van der Waals surface area contributed by atoms with Crippen molar-refractivity contribution in [3.05, 3.63) is 58.1 Å². The van der Waals surface area contributed by atoms with Crippen molar-refractivity contribution >= 4 is 62.8 Å². The third-order valence-corrected chi connectivity index (χ3v) is 6.65. The molecule has 1 atom stereocenters. The van der Waals surface area contributed by atoms with Crippen LogP contribution in [0.4, 0.5) is 5.82 Å². The molecule has 0 spiro atoms. The van der Waals surface area contributed by atoms with E-state index in [9.17, 15) is 14.7 Å². The predicted octanol–water partition coefficient (Wildman–Crippen LogP) is 5.07. The summed E-state index contributed by atoms with van der Waals surface area (Å²) in [5.41, 5.74) is 2.42. The lowest BCUT2D eigenvalue weighted by Gasteiger charge is -2.19. The molecule has 9 nitrogen and oxygen atoms in total. The summed E-state index contributed by atoms with van der Waals surface area (Å²) in [5.74, 6) is -0.00689. The molecule has 1 fully saturated rings. The van der Waals surface area contributed by atoms with Crippen molar-refractivity contribution in [3.63, 3.8) is 0 Å². The molecule has 1 aliphatic rings. The van der Waals surface area contributed by atoms with E-state index in [1.165, 1.54) is 6.33 Å². The van der Waals surface area contributed by atoms with Crippen LogP contribution in [0.5, 0.6) is 0 Å². The molecule has 0 bridgehead atoms. The molecular weight excluding hydrogens is 491 g/mol. The molecule has 3 heterocycles. The fraction of sp³-hybridized carbons (Fsp3) is 0.292. The third-order valence-electron chi connectivity index (χ3n) is 6.10. The van der Waals surface area contributed by atoms with Gasteiger partial charge in [-0.3, -0.25) is 9.59 Å². The van der Waals surface area contributed by atoms with Gasteiger partial charge in [0.1, 0.15) is 18.0 Å². The molecule has 1 amide bonds. The van der Waals surface area contributed by atoms with Gasteiger partial charge in [-0.15, -0.1) is 0 Å². The second-order valence-corrected chi connectivity index (χ2v) is 9.33. The maximum atomic E-state index is 12.9. The number of likely N-dealkylation sites (tertiary alicyclic amines) is 1. The van der Waals surface area contributed by atoms with Gasteiger partial charge < -0.3 is 20.3 Å². The first-order valence-electron chi connectivity index (χ1n) is 11.3. The van der Waals surface area contributed by atoms with E-state index in [4.69, 9.17) is 23.2 Å². The number of hydrogen-bond donors (Lipinski definition) is 3. The Bertz CT molecular complexity index is 1430. The van der Waals surface area contributed by atoms with Crippen LogP contribution >= 0.6 is 23.2 Å². The summed E-state index contributed by atoms with van der Waals surface area (Å²) >= 11 is 12.6. The van der Waals surface area contributed by atoms with Crippen molar-refractivity contribution in [2.75, 3.05) is 18.4 Å². The molecule has 1 aliphatic heterocycles. The Balaban J connectivity index is 1.50. The highest BCUT2D eigenvalue weighted by atomic mass is 35.5. The number of aromatic nitrogens is 4. The summed E-state index contributed by atoms with van der Waals surface area (Å²) in [5, 5.41) is 14.1. The van der Waals surface area contributed by atoms with Gasteiger partial charge in [-0.1, -0.05) is 23.2 Å². The minimum absolute atomic E-state index is 0.0757. The number of carbonyl (C=O) groups excluding carboxylic acids is 1. The molecule has 0 aliphatic carbocycles. The Morgan fingerprint density at radius 2 is 1.91 bits per heavy atom. The van der Waals surface area contributed by atoms with Crippen molar-refractivity contribution in [1.82, 2.24) is 24.8 Å². The molecule has 11 heteroatoms. The minimum atomic E-state index is -0.920. The SMILES string of the molecule is O=C(O)CC[C@H](Nc1ncnc2cc(C(=O)N3CCCC3)c(Cl)cc12)c1nc2ccc(Cl)cc2[nH]1. The molecular formula is C24H22Cl2N6O3. The number of imidazole rings is 1. The van der Waals surface area contributed by atoms with Gasteiger partial charge in [0, 0.05) is 29.9 Å². The maximum absolute atomic E-state index is 12.9. The van der Waals surface area contributed by atoms with Gasteiger partial charge in [-0.25, -0.2) is 15.0 Å². The molecule has 3 N–H and O–H groups in total. The van der Waals surface area contributed by atoms with E-state index in [1.807, 2.05) is 0 Å². The molecule has 4 aromatic rings. The van der Waals surface area contributed by atoms with Crippen molar-refractivity contribution in [3.8, 4) is 0 Å². The normalized spacial score (nSPS) is 14.5. The minimum Gasteiger partial charge on any atom is -0.481 e. The number of carbonyl (C=O) groups is 2. The summed E-state index contributed by atoms with van der Waals surface area (Å²) in [6, 6.07) is 8.18. The zero-order valence-corrected chi connectivity index (χ0v) is 20.1. The molecule has 0 saturated carbocycles. The number of rotatable bonds is 7. The number of carboxylic acids is 1. The average molecular weight is 513 g/mol. The number of nitrogens with one attached hydrogen (secondary N) is 2. The molecule has 0 radical (unpaired) electrons. The lowest BCUT2D eigenvalue weighted by atomic mass is 10.1. The van der Waals surface area contributed by atoms with Crippen LogP contribution < -0.4 is 5.32 Å². The smallest absolute Gasteiger partial charge is 0.303 e. The van der Waals surface area contributed by atoms with Crippen LogP contribution in [-0.4, -0.2) is 54.9 Å². The zero-order chi connectivity index (χ0) is 24.5. The molecule has 2 aromatic heterocycles. The van der Waals surface area contributed by atoms with Crippen LogP contribution in [0.2, 0.25) is 10.0 Å². The van der Waals surface area contributed by atoms with E-state index < -0.39 is 12.0 Å². The van der Waals surface area contributed by atoms with E-state index in [2.05, 4.69) is 25.3 Å². The fourth-order valence-electron chi connectivity index (χ4n) is 4.32. The van der Waals surface area contributed by atoms with Crippen LogP contribution in [-0.2, 0) is 4.79 Å². The Hall–Kier alpha value is -3.43. The number of hydrogen-bond acceptors (Lipinski definition) is 6. The third kappa shape index (κ3) is 4.87. The van der Waals surface area contributed by atoms with Gasteiger partial charge in [0.05, 0.1) is 33.2 Å². The van der Waals surface area contributed by atoms with Gasteiger partial charge >= 0.3 is 5.97 Å². The number of carboxylic acid groups (broad SMARTS) is 1. The number of anilines is 1. The summed E-state index contributed by atoms with van der Waals surface area (Å²) < 4.78 is 0. The van der Waals surface area contributed by atoms with Crippen LogP contribution in [0, 0.1) is 0 Å². The highest BCUT2D eigenvalue weighted by molar-refractivity contribution is 6.35. The predicted molar refractivity (Wildman–Crippen MR) is 134 cm³/mol. The number of H-pyrrole nitrogens is 1. The monoisotopic (exact) mass is 512 g/mol. The van der Waals surface area contributed by atoms with Crippen molar-refractivity contribution in [2.45, 2.75) is 31.7 Å². The van der Waals surface area contributed by atoms with Crippen LogP contribution in [0.3, 0.4) is 0 Å². The van der Waals surface area contributed by atoms with Crippen molar-refractivity contribution < 1.29 is 14.7 Å². The molecule has 0 unspecified atom stereocenters. The first kappa shape index (κ1) is 23.3. The Morgan fingerprint density at radius 1 is 1.11 bits per heavy atom. The highest BCUT2D eigenvalue weighted by Gasteiger charge is 2.24. The summed E-state index contributed by atoms with van der Waals surface area (Å²) in [4.78, 5) is 42.6. The molecule has 180 valence electrons. The Kier molecular flexibility index (Phi) is 6.44. The van der Waals surface area contributed by atoms with Crippen molar-refractivity contribution in [2.24, 2.45) is 0 Å². The number of aromatic amines is 1. The summed E-state index contributed by atoms with van der Waals surface area (Å²) in [6.45, 7) is 1.44. The number of aliphatic carboxylic acids is 1. The highest BCUT2D eigenvalue weighted by Crippen LogP contribution is 2.31. The first-order valence-corrected chi connectivity index (χ1v) is 12.0. The largest absolute Gasteiger partial charge is 0.481 e. The Labute approximate surface area is 210 Å². The van der Waals surface area contributed by atoms with E-state index in [0.717, 1.165) is 31.4 Å². The molecule has 5 rings (SSSR count). The second-order valence-electron chi connectivity index (χ2n) is 8.48. The number of fused-ring (bicyclic) bond motifs is 2. The summed E-state index contributed by atoms with van der Waals surface area (Å²) in [6.07, 6.45) is 3.55. The lowest BCUT2D eigenvalue weighted by molar-refractivity contribution is -0.137. The van der Waals surface area contributed by atoms with Gasteiger partial charge in [-0.2, -0.15) is 0 Å².